The highest BCUT2D eigenvalue weighted by Crippen LogP contribution is 2.19. The van der Waals surface area contributed by atoms with Crippen LogP contribution in [0, 0.1) is 6.92 Å². The second kappa shape index (κ2) is 6.11. The van der Waals surface area contributed by atoms with E-state index in [1.807, 2.05) is 42.6 Å². The fourth-order valence-electron chi connectivity index (χ4n) is 1.99. The van der Waals surface area contributed by atoms with Gasteiger partial charge >= 0.3 is 0 Å². The van der Waals surface area contributed by atoms with E-state index >= 15 is 0 Å². The van der Waals surface area contributed by atoms with Gasteiger partial charge in [0, 0.05) is 12.6 Å². The van der Waals surface area contributed by atoms with E-state index in [0.29, 0.717) is 16.7 Å². The van der Waals surface area contributed by atoms with Gasteiger partial charge in [0.25, 0.3) is 5.91 Å². The predicted octanol–water partition coefficient (Wildman–Crippen LogP) is 3.38. The van der Waals surface area contributed by atoms with E-state index in [4.69, 9.17) is 4.42 Å². The van der Waals surface area contributed by atoms with Crippen molar-refractivity contribution in [3.05, 3.63) is 58.1 Å². The van der Waals surface area contributed by atoms with Gasteiger partial charge in [-0.3, -0.25) is 4.79 Å². The first kappa shape index (κ1) is 14.5. The third kappa shape index (κ3) is 3.07. The van der Waals surface area contributed by atoms with Gasteiger partial charge in [-0.15, -0.1) is 21.5 Å². The molecule has 0 unspecified atom stereocenters. The number of hydrogen-bond acceptors (Lipinski definition) is 5. The standard InChI is InChI=1S/C16H15N3O2S/c1-11-5-7-12(8-6-11)15-18-17-14(21-15)10-19(2)16(20)13-4-3-9-22-13/h3-9H,10H2,1-2H3. The van der Waals surface area contributed by atoms with E-state index in [-0.39, 0.29) is 12.5 Å². The summed E-state index contributed by atoms with van der Waals surface area (Å²) in [5.74, 6) is 0.833. The van der Waals surface area contributed by atoms with Crippen molar-refractivity contribution in [1.82, 2.24) is 15.1 Å². The summed E-state index contributed by atoms with van der Waals surface area (Å²) < 4.78 is 5.64. The molecule has 2 aromatic heterocycles. The van der Waals surface area contributed by atoms with E-state index in [1.54, 1.807) is 18.0 Å². The Hall–Kier alpha value is -2.47. The van der Waals surface area contributed by atoms with Crippen LogP contribution in [0.25, 0.3) is 11.5 Å². The van der Waals surface area contributed by atoms with Crippen LogP contribution in [0.4, 0.5) is 0 Å². The third-order valence-electron chi connectivity index (χ3n) is 3.22. The Balaban J connectivity index is 1.71. The molecule has 112 valence electrons. The Bertz CT molecular complexity index is 763. The van der Waals surface area contributed by atoms with Gasteiger partial charge in [0.1, 0.15) is 0 Å². The van der Waals surface area contributed by atoms with Gasteiger partial charge in [-0.25, -0.2) is 0 Å². The number of benzene rings is 1. The minimum absolute atomic E-state index is 0.0508. The van der Waals surface area contributed by atoms with Crippen LogP contribution in [0.1, 0.15) is 21.1 Å². The number of hydrogen-bond donors (Lipinski definition) is 0. The van der Waals surface area contributed by atoms with Gasteiger partial charge in [-0.05, 0) is 30.5 Å². The number of thiophene rings is 1. The van der Waals surface area contributed by atoms with Crippen molar-refractivity contribution in [3.63, 3.8) is 0 Å². The van der Waals surface area contributed by atoms with Gasteiger partial charge in [0.2, 0.25) is 11.8 Å². The van der Waals surface area contributed by atoms with Crippen LogP contribution < -0.4 is 0 Å². The fraction of sp³-hybridized carbons (Fsp3) is 0.188. The number of amides is 1. The summed E-state index contributed by atoms with van der Waals surface area (Å²) in [7, 11) is 1.72. The van der Waals surface area contributed by atoms with E-state index < -0.39 is 0 Å². The molecule has 0 bridgehead atoms. The molecule has 0 spiro atoms. The number of aryl methyl sites for hydroxylation is 1. The average molecular weight is 313 g/mol. The SMILES string of the molecule is Cc1ccc(-c2nnc(CN(C)C(=O)c3cccs3)o2)cc1. The zero-order valence-corrected chi connectivity index (χ0v) is 13.1. The molecule has 0 atom stereocenters. The third-order valence-corrected chi connectivity index (χ3v) is 4.07. The maximum absolute atomic E-state index is 12.2. The van der Waals surface area contributed by atoms with Crippen molar-refractivity contribution in [1.29, 1.82) is 0 Å². The molecule has 0 aliphatic rings. The lowest BCUT2D eigenvalue weighted by Crippen LogP contribution is -2.25. The Morgan fingerprint density at radius 3 is 2.68 bits per heavy atom. The lowest BCUT2D eigenvalue weighted by atomic mass is 10.1. The molecular formula is C16H15N3O2S. The Kier molecular flexibility index (Phi) is 4.02. The first-order chi connectivity index (χ1) is 10.6. The van der Waals surface area contributed by atoms with Crippen LogP contribution in [-0.2, 0) is 6.54 Å². The highest BCUT2D eigenvalue weighted by Gasteiger charge is 2.16. The maximum Gasteiger partial charge on any atom is 0.264 e. The maximum atomic E-state index is 12.2. The van der Waals surface area contributed by atoms with Gasteiger partial charge in [-0.2, -0.15) is 0 Å². The second-order valence-electron chi connectivity index (χ2n) is 5.01. The van der Waals surface area contributed by atoms with Crippen LogP contribution >= 0.6 is 11.3 Å². The molecule has 0 aliphatic heterocycles. The first-order valence-electron chi connectivity index (χ1n) is 6.82. The summed E-state index contributed by atoms with van der Waals surface area (Å²) in [6.07, 6.45) is 0. The molecule has 3 rings (SSSR count). The highest BCUT2D eigenvalue weighted by molar-refractivity contribution is 7.12. The summed E-state index contributed by atoms with van der Waals surface area (Å²) in [4.78, 5) is 14.4. The number of carbonyl (C=O) groups excluding carboxylic acids is 1. The summed E-state index contributed by atoms with van der Waals surface area (Å²) in [5.41, 5.74) is 2.04. The van der Waals surface area contributed by atoms with Gasteiger partial charge in [0.15, 0.2) is 0 Å². The van der Waals surface area contributed by atoms with E-state index in [2.05, 4.69) is 10.2 Å². The molecule has 0 aliphatic carbocycles. The Labute approximate surface area is 132 Å². The smallest absolute Gasteiger partial charge is 0.264 e. The normalized spacial score (nSPS) is 10.6. The number of nitrogens with zero attached hydrogens (tertiary/aromatic N) is 3. The van der Waals surface area contributed by atoms with Crippen LogP contribution in [-0.4, -0.2) is 28.1 Å². The molecule has 5 nitrogen and oxygen atoms in total. The minimum atomic E-state index is -0.0508. The molecule has 1 amide bonds. The molecule has 3 aromatic rings. The molecule has 0 fully saturated rings. The topological polar surface area (TPSA) is 59.2 Å². The van der Waals surface area contributed by atoms with E-state index in [1.165, 1.54) is 16.9 Å². The first-order valence-corrected chi connectivity index (χ1v) is 7.70. The Morgan fingerprint density at radius 1 is 1.23 bits per heavy atom. The molecule has 0 radical (unpaired) electrons. The van der Waals surface area contributed by atoms with E-state index in [0.717, 1.165) is 5.56 Å². The largest absolute Gasteiger partial charge is 0.419 e. The highest BCUT2D eigenvalue weighted by atomic mass is 32.1. The summed E-state index contributed by atoms with van der Waals surface area (Å²) in [5, 5.41) is 9.93. The van der Waals surface area contributed by atoms with E-state index in [9.17, 15) is 4.79 Å². The Morgan fingerprint density at radius 2 is 2.00 bits per heavy atom. The number of carbonyl (C=O) groups is 1. The fourth-order valence-corrected chi connectivity index (χ4v) is 2.71. The van der Waals surface area contributed by atoms with Crippen molar-refractivity contribution >= 4 is 17.2 Å². The zero-order valence-electron chi connectivity index (χ0n) is 12.3. The molecule has 22 heavy (non-hydrogen) atoms. The van der Waals surface area contributed by atoms with Crippen LogP contribution in [0.15, 0.2) is 46.2 Å². The van der Waals surface area contributed by atoms with Crippen molar-refractivity contribution in [2.75, 3.05) is 7.05 Å². The lowest BCUT2D eigenvalue weighted by molar-refractivity contribution is 0.0778. The van der Waals surface area contributed by atoms with Gasteiger partial charge < -0.3 is 9.32 Å². The van der Waals surface area contributed by atoms with Crippen molar-refractivity contribution in [2.45, 2.75) is 13.5 Å². The summed E-state index contributed by atoms with van der Waals surface area (Å²) in [6, 6.07) is 11.5. The second-order valence-corrected chi connectivity index (χ2v) is 5.95. The van der Waals surface area contributed by atoms with Crippen LogP contribution in [0.3, 0.4) is 0 Å². The molecule has 1 aromatic carbocycles. The molecule has 2 heterocycles. The average Bonchev–Trinajstić information content (AvgIpc) is 3.18. The zero-order chi connectivity index (χ0) is 15.5. The van der Waals surface area contributed by atoms with Crippen LogP contribution in [0.2, 0.25) is 0 Å². The molecule has 6 heteroatoms. The van der Waals surface area contributed by atoms with Crippen molar-refractivity contribution in [3.8, 4) is 11.5 Å². The van der Waals surface area contributed by atoms with Crippen molar-refractivity contribution in [2.24, 2.45) is 0 Å². The number of aromatic nitrogens is 2. The van der Waals surface area contributed by atoms with Crippen molar-refractivity contribution < 1.29 is 9.21 Å². The monoisotopic (exact) mass is 313 g/mol. The summed E-state index contributed by atoms with van der Waals surface area (Å²) >= 11 is 1.42. The van der Waals surface area contributed by atoms with Crippen LogP contribution in [0.5, 0.6) is 0 Å². The lowest BCUT2D eigenvalue weighted by Gasteiger charge is -2.13. The predicted molar refractivity (Wildman–Crippen MR) is 84.6 cm³/mol. The molecule has 0 saturated carbocycles. The molecular weight excluding hydrogens is 298 g/mol. The molecule has 0 N–H and O–H groups in total. The number of rotatable bonds is 4. The summed E-state index contributed by atoms with van der Waals surface area (Å²) in [6.45, 7) is 2.31. The molecule has 0 saturated heterocycles. The quantitative estimate of drug-likeness (QED) is 0.741. The minimum Gasteiger partial charge on any atom is -0.419 e. The van der Waals surface area contributed by atoms with Gasteiger partial charge in [0.05, 0.1) is 11.4 Å². The van der Waals surface area contributed by atoms with Gasteiger partial charge in [-0.1, -0.05) is 23.8 Å².